The monoisotopic (exact) mass is 443 g/mol. The molecule has 8 heteroatoms. The van der Waals surface area contributed by atoms with Crippen LogP contribution in [0.3, 0.4) is 0 Å². The minimum Gasteiger partial charge on any atom is -0.454 e. The highest BCUT2D eigenvalue weighted by Gasteiger charge is 2.39. The number of ether oxygens (including phenoxy) is 2. The highest BCUT2D eigenvalue weighted by atomic mass is 79.9. The number of halogens is 1. The van der Waals surface area contributed by atoms with Gasteiger partial charge in [-0.1, -0.05) is 22.0 Å². The first-order valence-corrected chi connectivity index (χ1v) is 9.90. The van der Waals surface area contributed by atoms with Crippen molar-refractivity contribution in [1.82, 2.24) is 9.80 Å². The van der Waals surface area contributed by atoms with Gasteiger partial charge in [-0.3, -0.25) is 14.5 Å². The first-order valence-electron chi connectivity index (χ1n) is 9.11. The molecule has 28 heavy (non-hydrogen) atoms. The van der Waals surface area contributed by atoms with Crippen LogP contribution < -0.4 is 14.8 Å². The van der Waals surface area contributed by atoms with Gasteiger partial charge in [0.05, 0.1) is 11.3 Å². The third-order valence-electron chi connectivity index (χ3n) is 5.34. The number of benzene rings is 2. The summed E-state index contributed by atoms with van der Waals surface area (Å²) in [5.41, 5.74) is 2.18. The van der Waals surface area contributed by atoms with E-state index in [1.54, 1.807) is 17.0 Å². The lowest BCUT2D eigenvalue weighted by atomic mass is 10.1. The Labute approximate surface area is 170 Å². The lowest BCUT2D eigenvalue weighted by Crippen LogP contribution is -2.58. The number of rotatable bonds is 2. The Morgan fingerprint density at radius 1 is 1.07 bits per heavy atom. The van der Waals surface area contributed by atoms with Crippen molar-refractivity contribution in [3.63, 3.8) is 0 Å². The van der Waals surface area contributed by atoms with Crippen LogP contribution in [0.2, 0.25) is 0 Å². The van der Waals surface area contributed by atoms with E-state index in [0.717, 1.165) is 21.5 Å². The van der Waals surface area contributed by atoms with Crippen LogP contribution in [-0.4, -0.2) is 54.1 Å². The molecule has 3 aliphatic heterocycles. The van der Waals surface area contributed by atoms with Crippen molar-refractivity contribution >= 4 is 33.4 Å². The standard InChI is InChI=1S/C20H18BrN3O4/c21-13-2-3-15-14(8-13)20(26)24-6-5-23(10-16(24)19(25)22-15)9-12-1-4-17-18(7-12)28-11-27-17/h1-4,7-8,16H,5-6,9-11H2,(H,22,25). The second-order valence-corrected chi connectivity index (χ2v) is 8.03. The largest absolute Gasteiger partial charge is 0.454 e. The SMILES string of the molecule is O=C1Nc2ccc(Br)cc2C(=O)N2CCN(Cc3ccc4c(c3)OCO4)CC12. The fraction of sp³-hybridized carbons (Fsp3) is 0.300. The molecule has 0 saturated carbocycles. The van der Waals surface area contributed by atoms with Crippen LogP contribution in [0.1, 0.15) is 15.9 Å². The van der Waals surface area contributed by atoms with Crippen molar-refractivity contribution in [2.24, 2.45) is 0 Å². The van der Waals surface area contributed by atoms with Crippen LogP contribution in [0.4, 0.5) is 5.69 Å². The number of carbonyl (C=O) groups is 2. The zero-order valence-electron chi connectivity index (χ0n) is 15.0. The molecular formula is C20H18BrN3O4. The van der Waals surface area contributed by atoms with E-state index >= 15 is 0 Å². The molecule has 1 unspecified atom stereocenters. The molecular weight excluding hydrogens is 426 g/mol. The maximum atomic E-state index is 13.0. The van der Waals surface area contributed by atoms with Crippen LogP contribution in [0.5, 0.6) is 11.5 Å². The Bertz CT molecular complexity index is 980. The second kappa shape index (κ2) is 6.79. The quantitative estimate of drug-likeness (QED) is 0.771. The zero-order chi connectivity index (χ0) is 19.3. The van der Waals surface area contributed by atoms with E-state index < -0.39 is 6.04 Å². The molecule has 2 aromatic rings. The Morgan fingerprint density at radius 3 is 2.82 bits per heavy atom. The minimum absolute atomic E-state index is 0.109. The molecule has 144 valence electrons. The topological polar surface area (TPSA) is 71.1 Å². The number of carbonyl (C=O) groups excluding carboxylic acids is 2. The predicted octanol–water partition coefficient (Wildman–Crippen LogP) is 2.46. The first-order chi connectivity index (χ1) is 13.6. The summed E-state index contributed by atoms with van der Waals surface area (Å²) < 4.78 is 11.6. The number of nitrogens with one attached hydrogen (secondary N) is 1. The van der Waals surface area contributed by atoms with Crippen LogP contribution in [0, 0.1) is 0 Å². The number of hydrogen-bond acceptors (Lipinski definition) is 5. The van der Waals surface area contributed by atoms with Crippen molar-refractivity contribution in [3.8, 4) is 11.5 Å². The van der Waals surface area contributed by atoms with E-state index in [1.807, 2.05) is 24.3 Å². The van der Waals surface area contributed by atoms with Gasteiger partial charge >= 0.3 is 0 Å². The third kappa shape index (κ3) is 3.02. The van der Waals surface area contributed by atoms with E-state index in [2.05, 4.69) is 26.1 Å². The summed E-state index contributed by atoms with van der Waals surface area (Å²) in [5, 5.41) is 2.91. The van der Waals surface area contributed by atoms with Crippen LogP contribution in [0.15, 0.2) is 40.9 Å². The summed E-state index contributed by atoms with van der Waals surface area (Å²) in [7, 11) is 0. The number of amides is 2. The van der Waals surface area contributed by atoms with Gasteiger partial charge in [0.25, 0.3) is 5.91 Å². The molecule has 0 aromatic heterocycles. The normalized spacial score (nSPS) is 21.0. The molecule has 5 rings (SSSR count). The van der Waals surface area contributed by atoms with Gasteiger partial charge in [-0.2, -0.15) is 0 Å². The summed E-state index contributed by atoms with van der Waals surface area (Å²) in [6.07, 6.45) is 0. The molecule has 1 fully saturated rings. The zero-order valence-corrected chi connectivity index (χ0v) is 16.6. The summed E-state index contributed by atoms with van der Waals surface area (Å²) in [6.45, 7) is 2.63. The molecule has 0 radical (unpaired) electrons. The van der Waals surface area contributed by atoms with Crippen molar-refractivity contribution in [3.05, 3.63) is 52.0 Å². The van der Waals surface area contributed by atoms with E-state index in [-0.39, 0.29) is 18.6 Å². The molecule has 0 bridgehead atoms. The van der Waals surface area contributed by atoms with Crippen LogP contribution in [0.25, 0.3) is 0 Å². The Morgan fingerprint density at radius 2 is 1.93 bits per heavy atom. The molecule has 3 heterocycles. The maximum absolute atomic E-state index is 13.0. The smallest absolute Gasteiger partial charge is 0.256 e. The van der Waals surface area contributed by atoms with Gasteiger partial charge in [-0.05, 0) is 35.9 Å². The molecule has 0 spiro atoms. The Balaban J connectivity index is 1.36. The highest BCUT2D eigenvalue weighted by molar-refractivity contribution is 9.10. The lowest BCUT2D eigenvalue weighted by molar-refractivity contribution is -0.122. The number of piperazine rings is 1. The van der Waals surface area contributed by atoms with Crippen molar-refractivity contribution in [1.29, 1.82) is 0 Å². The summed E-state index contributed by atoms with van der Waals surface area (Å²) in [6, 6.07) is 10.7. The average Bonchev–Trinajstić information content (AvgIpc) is 3.13. The van der Waals surface area contributed by atoms with Gasteiger partial charge in [0.1, 0.15) is 6.04 Å². The van der Waals surface area contributed by atoms with Gasteiger partial charge in [0.2, 0.25) is 12.7 Å². The van der Waals surface area contributed by atoms with Gasteiger partial charge in [0.15, 0.2) is 11.5 Å². The van der Waals surface area contributed by atoms with E-state index in [9.17, 15) is 9.59 Å². The molecule has 2 amide bonds. The molecule has 1 saturated heterocycles. The molecule has 3 aliphatic rings. The average molecular weight is 444 g/mol. The molecule has 7 nitrogen and oxygen atoms in total. The summed E-state index contributed by atoms with van der Waals surface area (Å²) in [4.78, 5) is 29.7. The summed E-state index contributed by atoms with van der Waals surface area (Å²) in [5.74, 6) is 1.25. The van der Waals surface area contributed by atoms with E-state index in [4.69, 9.17) is 9.47 Å². The van der Waals surface area contributed by atoms with Gasteiger partial charge in [0, 0.05) is 30.7 Å². The Kier molecular flexibility index (Phi) is 4.25. The predicted molar refractivity (Wildman–Crippen MR) is 105 cm³/mol. The fourth-order valence-corrected chi connectivity index (χ4v) is 4.28. The lowest BCUT2D eigenvalue weighted by Gasteiger charge is -2.39. The summed E-state index contributed by atoms with van der Waals surface area (Å²) >= 11 is 3.40. The highest BCUT2D eigenvalue weighted by Crippen LogP contribution is 2.33. The fourth-order valence-electron chi connectivity index (χ4n) is 3.92. The van der Waals surface area contributed by atoms with Crippen LogP contribution >= 0.6 is 15.9 Å². The maximum Gasteiger partial charge on any atom is 0.256 e. The van der Waals surface area contributed by atoms with E-state index in [1.165, 1.54) is 0 Å². The molecule has 0 aliphatic carbocycles. The Hall–Kier alpha value is -2.58. The minimum atomic E-state index is -0.513. The van der Waals surface area contributed by atoms with Crippen LogP contribution in [-0.2, 0) is 11.3 Å². The molecule has 2 aromatic carbocycles. The van der Waals surface area contributed by atoms with Crippen molar-refractivity contribution in [2.75, 3.05) is 31.7 Å². The molecule has 1 N–H and O–H groups in total. The number of hydrogen-bond donors (Lipinski definition) is 1. The van der Waals surface area contributed by atoms with Gasteiger partial charge in [-0.15, -0.1) is 0 Å². The first kappa shape index (κ1) is 17.5. The number of fused-ring (bicyclic) bond motifs is 3. The van der Waals surface area contributed by atoms with E-state index in [0.29, 0.717) is 37.4 Å². The number of nitrogens with zero attached hydrogens (tertiary/aromatic N) is 2. The van der Waals surface area contributed by atoms with Crippen molar-refractivity contribution < 1.29 is 19.1 Å². The second-order valence-electron chi connectivity index (χ2n) is 7.12. The van der Waals surface area contributed by atoms with Gasteiger partial charge < -0.3 is 19.7 Å². The van der Waals surface area contributed by atoms with Gasteiger partial charge in [-0.25, -0.2) is 0 Å². The van der Waals surface area contributed by atoms with Crippen molar-refractivity contribution in [2.45, 2.75) is 12.6 Å². The third-order valence-corrected chi connectivity index (χ3v) is 5.83. The number of anilines is 1. The molecule has 1 atom stereocenters.